The van der Waals surface area contributed by atoms with Gasteiger partial charge < -0.3 is 11.5 Å². The van der Waals surface area contributed by atoms with E-state index in [1.807, 2.05) is 0 Å². The van der Waals surface area contributed by atoms with Crippen LogP contribution in [0, 0.1) is 0 Å². The third kappa shape index (κ3) is 0.975. The van der Waals surface area contributed by atoms with E-state index in [0.717, 1.165) is 0 Å². The molecule has 0 unspecified atom stereocenters. The average Bonchev–Trinajstić information content (AvgIpc) is 2.10. The lowest BCUT2D eigenvalue weighted by Crippen LogP contribution is -2.36. The molecule has 1 heterocycles. The minimum atomic E-state index is -0.736. The van der Waals surface area contributed by atoms with E-state index in [1.54, 1.807) is 6.92 Å². The molecule has 0 radical (unpaired) electrons. The molecule has 0 saturated heterocycles. The van der Waals surface area contributed by atoms with Crippen molar-refractivity contribution in [3.05, 3.63) is 0 Å². The second-order valence-corrected chi connectivity index (χ2v) is 2.02. The topological polar surface area (TPSA) is 93.8 Å². The minimum Gasteiger partial charge on any atom is -0.385 e. The highest BCUT2D eigenvalue weighted by molar-refractivity contribution is 6.14. The van der Waals surface area contributed by atoms with Crippen LogP contribution in [0.15, 0.2) is 9.98 Å². The van der Waals surface area contributed by atoms with E-state index in [2.05, 4.69) is 9.98 Å². The van der Waals surface area contributed by atoms with Crippen LogP contribution in [0.3, 0.4) is 0 Å². The van der Waals surface area contributed by atoms with Gasteiger partial charge in [-0.05, 0) is 6.92 Å². The molecule has 0 aromatic carbocycles. The maximum Gasteiger partial charge on any atom is 0.250 e. The van der Waals surface area contributed by atoms with Crippen LogP contribution in [0.5, 0.6) is 0 Å². The molecular weight excluding hydrogens is 132 g/mol. The van der Waals surface area contributed by atoms with E-state index in [0.29, 0.717) is 5.84 Å². The van der Waals surface area contributed by atoms with Crippen molar-refractivity contribution in [1.82, 2.24) is 0 Å². The lowest BCUT2D eigenvalue weighted by atomic mass is 10.3. The van der Waals surface area contributed by atoms with E-state index in [-0.39, 0.29) is 5.84 Å². The number of hydrogen-bond donors (Lipinski definition) is 2. The third-order valence-corrected chi connectivity index (χ3v) is 1.16. The molecule has 0 spiro atoms. The molecule has 4 N–H and O–H groups in total. The zero-order valence-electron chi connectivity index (χ0n) is 5.53. The molecule has 0 aromatic rings. The number of aliphatic imine (C=N–C) groups is 2. The molecule has 0 aliphatic carbocycles. The average molecular weight is 140 g/mol. The summed E-state index contributed by atoms with van der Waals surface area (Å²) in [7, 11) is 0. The largest absolute Gasteiger partial charge is 0.385 e. The van der Waals surface area contributed by atoms with Crippen LogP contribution >= 0.6 is 0 Å². The lowest BCUT2D eigenvalue weighted by molar-refractivity contribution is -0.117. The van der Waals surface area contributed by atoms with E-state index in [1.165, 1.54) is 0 Å². The van der Waals surface area contributed by atoms with Crippen molar-refractivity contribution in [2.45, 2.75) is 13.0 Å². The summed E-state index contributed by atoms with van der Waals surface area (Å²) >= 11 is 0. The summed E-state index contributed by atoms with van der Waals surface area (Å²) in [6.07, 6.45) is 0. The molecule has 0 fully saturated rings. The molecule has 54 valence electrons. The van der Waals surface area contributed by atoms with Gasteiger partial charge in [-0.3, -0.25) is 4.79 Å². The van der Waals surface area contributed by atoms with Gasteiger partial charge in [-0.15, -0.1) is 0 Å². The Kier molecular flexibility index (Phi) is 1.41. The number of hydrogen-bond acceptors (Lipinski definition) is 4. The Balaban J connectivity index is 2.84. The number of primary amides is 1. The summed E-state index contributed by atoms with van der Waals surface area (Å²) in [4.78, 5) is 18.0. The maximum absolute atomic E-state index is 10.5. The highest BCUT2D eigenvalue weighted by Gasteiger charge is 2.22. The Labute approximate surface area is 57.8 Å². The molecule has 1 atom stereocenters. The molecule has 10 heavy (non-hydrogen) atoms. The Morgan fingerprint density at radius 3 is 2.50 bits per heavy atom. The second-order valence-electron chi connectivity index (χ2n) is 2.02. The summed E-state index contributed by atoms with van der Waals surface area (Å²) in [6.45, 7) is 1.66. The van der Waals surface area contributed by atoms with Gasteiger partial charge in [0.25, 0.3) is 0 Å². The number of amides is 1. The molecule has 1 amide bonds. The molecule has 5 heteroatoms. The standard InChI is InChI=1S/C5H8N4O/c1-2-8-3(5(7)10)4(6)9-2/h3H,1H3,(H2,7,10)(H2,6,8,9)/t3-/m0/s1. The van der Waals surface area contributed by atoms with Gasteiger partial charge in [0.05, 0.1) is 0 Å². The molecule has 0 saturated carbocycles. The SMILES string of the molecule is CC1=N[C@H](C(N)=O)C(N)=N1. The monoisotopic (exact) mass is 140 g/mol. The summed E-state index contributed by atoms with van der Waals surface area (Å²) in [6, 6.07) is -0.736. The first kappa shape index (κ1) is 6.73. The first-order valence-electron chi connectivity index (χ1n) is 2.79. The summed E-state index contributed by atoms with van der Waals surface area (Å²) in [5, 5.41) is 0. The molecule has 1 aliphatic rings. The number of amidine groups is 2. The second kappa shape index (κ2) is 2.09. The highest BCUT2D eigenvalue weighted by atomic mass is 16.1. The Bertz CT molecular complexity index is 230. The van der Waals surface area contributed by atoms with Crippen molar-refractivity contribution in [3.63, 3.8) is 0 Å². The molecule has 0 bridgehead atoms. The van der Waals surface area contributed by atoms with E-state index in [4.69, 9.17) is 11.5 Å². The van der Waals surface area contributed by atoms with Crippen LogP contribution in [0.2, 0.25) is 0 Å². The molecular formula is C5H8N4O. The van der Waals surface area contributed by atoms with Crippen molar-refractivity contribution in [2.75, 3.05) is 0 Å². The zero-order chi connectivity index (χ0) is 7.72. The lowest BCUT2D eigenvalue weighted by Gasteiger charge is -1.98. The third-order valence-electron chi connectivity index (χ3n) is 1.16. The van der Waals surface area contributed by atoms with Crippen molar-refractivity contribution in [3.8, 4) is 0 Å². The van der Waals surface area contributed by atoms with Crippen molar-refractivity contribution >= 4 is 17.6 Å². The van der Waals surface area contributed by atoms with Gasteiger partial charge in [-0.2, -0.15) is 0 Å². The van der Waals surface area contributed by atoms with Crippen LogP contribution < -0.4 is 11.5 Å². The first-order chi connectivity index (χ1) is 4.61. The van der Waals surface area contributed by atoms with Crippen LogP contribution in [-0.2, 0) is 4.79 Å². The molecule has 1 aliphatic heterocycles. The van der Waals surface area contributed by atoms with Crippen LogP contribution in [-0.4, -0.2) is 23.6 Å². The molecule has 1 rings (SSSR count). The Hall–Kier alpha value is -1.39. The van der Waals surface area contributed by atoms with Crippen molar-refractivity contribution in [1.29, 1.82) is 0 Å². The van der Waals surface area contributed by atoms with Crippen molar-refractivity contribution in [2.24, 2.45) is 21.5 Å². The van der Waals surface area contributed by atoms with E-state index in [9.17, 15) is 4.79 Å². The predicted molar refractivity (Wildman–Crippen MR) is 37.7 cm³/mol. The van der Waals surface area contributed by atoms with Gasteiger partial charge in [0, 0.05) is 0 Å². The fraction of sp³-hybridized carbons (Fsp3) is 0.400. The fourth-order valence-electron chi connectivity index (χ4n) is 0.739. The van der Waals surface area contributed by atoms with Crippen molar-refractivity contribution < 1.29 is 4.79 Å². The summed E-state index contributed by atoms with van der Waals surface area (Å²) < 4.78 is 0. The number of nitrogens with two attached hydrogens (primary N) is 2. The van der Waals surface area contributed by atoms with Crippen LogP contribution in [0.1, 0.15) is 6.92 Å². The van der Waals surface area contributed by atoms with Gasteiger partial charge in [0.1, 0.15) is 11.7 Å². The Morgan fingerprint density at radius 2 is 2.30 bits per heavy atom. The van der Waals surface area contributed by atoms with Gasteiger partial charge in [0.2, 0.25) is 5.91 Å². The quantitative estimate of drug-likeness (QED) is 0.470. The van der Waals surface area contributed by atoms with Gasteiger partial charge in [0.15, 0.2) is 6.04 Å². The van der Waals surface area contributed by atoms with E-state index < -0.39 is 11.9 Å². The number of rotatable bonds is 1. The smallest absolute Gasteiger partial charge is 0.250 e. The van der Waals surface area contributed by atoms with Gasteiger partial charge in [-0.1, -0.05) is 0 Å². The number of nitrogens with zero attached hydrogens (tertiary/aromatic N) is 2. The fourth-order valence-corrected chi connectivity index (χ4v) is 0.739. The summed E-state index contributed by atoms with van der Waals surface area (Å²) in [5.74, 6) is 0.129. The highest BCUT2D eigenvalue weighted by Crippen LogP contribution is 2.00. The zero-order valence-corrected chi connectivity index (χ0v) is 5.53. The number of carbonyl (C=O) groups is 1. The van der Waals surface area contributed by atoms with Gasteiger partial charge >= 0.3 is 0 Å². The number of carbonyl (C=O) groups excluding carboxylic acids is 1. The Morgan fingerprint density at radius 1 is 1.70 bits per heavy atom. The predicted octanol–water partition coefficient (Wildman–Crippen LogP) is -1.37. The van der Waals surface area contributed by atoms with Gasteiger partial charge in [-0.25, -0.2) is 9.98 Å². The molecule has 0 aromatic heterocycles. The summed E-state index contributed by atoms with van der Waals surface area (Å²) in [5.41, 5.74) is 10.2. The normalized spacial score (nSPS) is 23.9. The van der Waals surface area contributed by atoms with Crippen LogP contribution in [0.25, 0.3) is 0 Å². The van der Waals surface area contributed by atoms with E-state index >= 15 is 0 Å². The minimum absolute atomic E-state index is 0.185. The maximum atomic E-state index is 10.5. The first-order valence-corrected chi connectivity index (χ1v) is 2.79. The van der Waals surface area contributed by atoms with Crippen LogP contribution in [0.4, 0.5) is 0 Å². The molecule has 5 nitrogen and oxygen atoms in total.